The van der Waals surface area contributed by atoms with E-state index in [0.717, 1.165) is 6.42 Å². The fraction of sp³-hybridized carbons (Fsp3) is 0.529. The largest absolute Gasteiger partial charge is 0.386 e. The summed E-state index contributed by atoms with van der Waals surface area (Å²) in [7, 11) is 0. The molecule has 1 aromatic rings. The molecule has 0 bridgehead atoms. The van der Waals surface area contributed by atoms with Crippen LogP contribution in [0.2, 0.25) is 0 Å². The maximum absolute atomic E-state index is 12.1. The molecule has 1 saturated heterocycles. The van der Waals surface area contributed by atoms with Gasteiger partial charge < -0.3 is 10.6 Å². The van der Waals surface area contributed by atoms with E-state index >= 15 is 0 Å². The Labute approximate surface area is 126 Å². The maximum Gasteiger partial charge on any atom is 0.223 e. The second-order valence-electron chi connectivity index (χ2n) is 6.90. The Morgan fingerprint density at radius 2 is 1.95 bits per heavy atom. The minimum absolute atomic E-state index is 0.0522. The first kappa shape index (κ1) is 15.5. The second-order valence-corrected chi connectivity index (χ2v) is 6.90. The van der Waals surface area contributed by atoms with E-state index in [0.29, 0.717) is 13.0 Å². The van der Waals surface area contributed by atoms with Crippen LogP contribution in [0.15, 0.2) is 24.3 Å². The predicted molar refractivity (Wildman–Crippen MR) is 85.6 cm³/mol. The van der Waals surface area contributed by atoms with Crippen LogP contribution in [0, 0.1) is 5.41 Å². The molecule has 0 spiro atoms. The molecule has 1 aromatic carbocycles. The van der Waals surface area contributed by atoms with E-state index in [-0.39, 0.29) is 29.6 Å². The Balaban J connectivity index is 2.04. The lowest BCUT2D eigenvalue weighted by molar-refractivity contribution is -0.133. The Bertz CT molecular complexity index is 528. The van der Waals surface area contributed by atoms with E-state index in [1.807, 2.05) is 0 Å². The molecule has 1 atom stereocenters. The fourth-order valence-electron chi connectivity index (χ4n) is 2.79. The van der Waals surface area contributed by atoms with Crippen molar-refractivity contribution in [2.24, 2.45) is 5.73 Å². The molecule has 1 amide bonds. The summed E-state index contributed by atoms with van der Waals surface area (Å²) in [6, 6.07) is 8.64. The number of carbonyl (C=O) groups excluding carboxylic acids is 1. The molecule has 114 valence electrons. The zero-order valence-electron chi connectivity index (χ0n) is 13.1. The number of carbonyl (C=O) groups is 1. The van der Waals surface area contributed by atoms with Crippen LogP contribution < -0.4 is 5.73 Å². The molecule has 2 rings (SSSR count). The van der Waals surface area contributed by atoms with Crippen molar-refractivity contribution in [1.29, 1.82) is 5.41 Å². The highest BCUT2D eigenvalue weighted by molar-refractivity contribution is 5.86. The summed E-state index contributed by atoms with van der Waals surface area (Å²) >= 11 is 0. The lowest BCUT2D eigenvalue weighted by Gasteiger charge is -2.32. The number of hydrogen-bond donors (Lipinski definition) is 2. The Morgan fingerprint density at radius 1 is 1.33 bits per heavy atom. The van der Waals surface area contributed by atoms with Gasteiger partial charge in [-0.1, -0.05) is 45.0 Å². The van der Waals surface area contributed by atoms with Crippen molar-refractivity contribution in [3.05, 3.63) is 35.4 Å². The molecule has 1 unspecified atom stereocenters. The predicted octanol–water partition coefficient (Wildman–Crippen LogP) is 2.63. The third-order valence-corrected chi connectivity index (χ3v) is 4.13. The molecule has 1 aliphatic rings. The van der Waals surface area contributed by atoms with Crippen LogP contribution in [0.3, 0.4) is 0 Å². The minimum Gasteiger partial charge on any atom is -0.386 e. The van der Waals surface area contributed by atoms with Crippen LogP contribution in [0.1, 0.15) is 50.7 Å². The molecule has 1 fully saturated rings. The van der Waals surface area contributed by atoms with Crippen LogP contribution in [0.25, 0.3) is 0 Å². The average Bonchev–Trinajstić information content (AvgIpc) is 2.40. The standard InChI is InChI=1S/C17H25N3O/c1-17(2,3)14-6-4-12(5-7-14)13-8-9-20(11-15(18)19)16(21)10-13/h4-7,13H,8-11H2,1-3H3,(H3,18,19). The van der Waals surface area contributed by atoms with Crippen molar-refractivity contribution in [3.8, 4) is 0 Å². The van der Waals surface area contributed by atoms with Crippen molar-refractivity contribution >= 4 is 11.7 Å². The van der Waals surface area contributed by atoms with Crippen molar-refractivity contribution in [2.45, 2.75) is 44.9 Å². The molecule has 0 aliphatic carbocycles. The van der Waals surface area contributed by atoms with Crippen LogP contribution in [0.5, 0.6) is 0 Å². The lowest BCUT2D eigenvalue weighted by atomic mass is 9.83. The van der Waals surface area contributed by atoms with Gasteiger partial charge in [-0.3, -0.25) is 10.2 Å². The maximum atomic E-state index is 12.1. The second kappa shape index (κ2) is 5.88. The number of nitrogens with two attached hydrogens (primary N) is 1. The molecule has 0 aromatic heterocycles. The van der Waals surface area contributed by atoms with Gasteiger partial charge in [-0.15, -0.1) is 0 Å². The number of nitrogens with zero attached hydrogens (tertiary/aromatic N) is 1. The van der Waals surface area contributed by atoms with E-state index in [2.05, 4.69) is 45.0 Å². The van der Waals surface area contributed by atoms with E-state index in [9.17, 15) is 4.79 Å². The summed E-state index contributed by atoms with van der Waals surface area (Å²) in [6.07, 6.45) is 1.45. The summed E-state index contributed by atoms with van der Waals surface area (Å²) in [5.41, 5.74) is 8.08. The topological polar surface area (TPSA) is 70.2 Å². The summed E-state index contributed by atoms with van der Waals surface area (Å²) in [6.45, 7) is 7.54. The van der Waals surface area contributed by atoms with Gasteiger partial charge in [0.05, 0.1) is 6.54 Å². The Morgan fingerprint density at radius 3 is 2.43 bits per heavy atom. The minimum atomic E-state index is 0.0522. The van der Waals surface area contributed by atoms with E-state index in [4.69, 9.17) is 11.1 Å². The molecule has 1 aliphatic heterocycles. The molecule has 4 nitrogen and oxygen atoms in total. The quantitative estimate of drug-likeness (QED) is 0.662. The van der Waals surface area contributed by atoms with Gasteiger partial charge in [-0.25, -0.2) is 0 Å². The van der Waals surface area contributed by atoms with E-state index < -0.39 is 0 Å². The van der Waals surface area contributed by atoms with Gasteiger partial charge >= 0.3 is 0 Å². The van der Waals surface area contributed by atoms with Crippen LogP contribution in [-0.2, 0) is 10.2 Å². The first-order valence-electron chi connectivity index (χ1n) is 7.48. The zero-order chi connectivity index (χ0) is 15.6. The van der Waals surface area contributed by atoms with Gasteiger partial charge in [0.1, 0.15) is 5.84 Å². The molecule has 1 heterocycles. The van der Waals surface area contributed by atoms with Crippen molar-refractivity contribution in [2.75, 3.05) is 13.1 Å². The van der Waals surface area contributed by atoms with Gasteiger partial charge in [0, 0.05) is 13.0 Å². The first-order valence-corrected chi connectivity index (χ1v) is 7.48. The molecule has 4 heteroatoms. The average molecular weight is 287 g/mol. The molecule has 21 heavy (non-hydrogen) atoms. The SMILES string of the molecule is CC(C)(C)c1ccc(C2CCN(CC(=N)N)C(=O)C2)cc1. The summed E-state index contributed by atoms with van der Waals surface area (Å²) in [5.74, 6) is 0.437. The third kappa shape index (κ3) is 3.84. The number of benzene rings is 1. The number of rotatable bonds is 3. The van der Waals surface area contributed by atoms with Gasteiger partial charge in [0.2, 0.25) is 5.91 Å². The summed E-state index contributed by atoms with van der Waals surface area (Å²) in [4.78, 5) is 13.8. The molecule has 0 saturated carbocycles. The highest BCUT2D eigenvalue weighted by Gasteiger charge is 2.27. The monoisotopic (exact) mass is 287 g/mol. The van der Waals surface area contributed by atoms with E-state index in [1.54, 1.807) is 4.90 Å². The number of likely N-dealkylation sites (tertiary alicyclic amines) is 1. The smallest absolute Gasteiger partial charge is 0.223 e. The third-order valence-electron chi connectivity index (χ3n) is 4.13. The van der Waals surface area contributed by atoms with Crippen LogP contribution in [0.4, 0.5) is 0 Å². The summed E-state index contributed by atoms with van der Waals surface area (Å²) < 4.78 is 0. The Hall–Kier alpha value is -1.84. The van der Waals surface area contributed by atoms with Gasteiger partial charge in [-0.2, -0.15) is 0 Å². The normalized spacial score (nSPS) is 19.7. The molecule has 3 N–H and O–H groups in total. The number of amidine groups is 1. The van der Waals surface area contributed by atoms with Gasteiger partial charge in [-0.05, 0) is 28.9 Å². The van der Waals surface area contributed by atoms with Crippen molar-refractivity contribution in [3.63, 3.8) is 0 Å². The van der Waals surface area contributed by atoms with Gasteiger partial charge in [0.15, 0.2) is 0 Å². The molecular weight excluding hydrogens is 262 g/mol. The number of piperidine rings is 1. The highest BCUT2D eigenvalue weighted by Crippen LogP contribution is 2.30. The van der Waals surface area contributed by atoms with Crippen molar-refractivity contribution < 1.29 is 4.79 Å². The number of amides is 1. The number of hydrogen-bond acceptors (Lipinski definition) is 2. The Kier molecular flexibility index (Phi) is 4.35. The van der Waals surface area contributed by atoms with E-state index in [1.165, 1.54) is 11.1 Å². The van der Waals surface area contributed by atoms with Crippen molar-refractivity contribution in [1.82, 2.24) is 4.90 Å². The molecular formula is C17H25N3O. The highest BCUT2D eigenvalue weighted by atomic mass is 16.2. The number of nitrogens with one attached hydrogen (secondary N) is 1. The van der Waals surface area contributed by atoms with Crippen LogP contribution >= 0.6 is 0 Å². The molecule has 0 radical (unpaired) electrons. The summed E-state index contributed by atoms with van der Waals surface area (Å²) in [5, 5.41) is 7.30. The van der Waals surface area contributed by atoms with Crippen LogP contribution in [-0.4, -0.2) is 29.7 Å². The lowest BCUT2D eigenvalue weighted by Crippen LogP contribution is -2.42. The zero-order valence-corrected chi connectivity index (χ0v) is 13.1. The van der Waals surface area contributed by atoms with Gasteiger partial charge in [0.25, 0.3) is 0 Å². The first-order chi connectivity index (χ1) is 9.77. The fourth-order valence-corrected chi connectivity index (χ4v) is 2.79.